The van der Waals surface area contributed by atoms with Crippen molar-refractivity contribution in [3.05, 3.63) is 47.2 Å². The topological polar surface area (TPSA) is 62.6 Å². The van der Waals surface area contributed by atoms with Crippen LogP contribution >= 0.6 is 0 Å². The molecule has 0 spiro atoms. The fourth-order valence-corrected chi connectivity index (χ4v) is 2.07. The molecule has 0 aliphatic carbocycles. The van der Waals surface area contributed by atoms with Gasteiger partial charge in [-0.25, -0.2) is 0 Å². The van der Waals surface area contributed by atoms with Gasteiger partial charge < -0.3 is 15.0 Å². The molecule has 0 unspecified atom stereocenters. The summed E-state index contributed by atoms with van der Waals surface area (Å²) in [5.41, 5.74) is 3.13. The number of aryl methyl sites for hydroxylation is 1. The van der Waals surface area contributed by atoms with Crippen molar-refractivity contribution in [2.75, 3.05) is 39.2 Å². The van der Waals surface area contributed by atoms with Crippen LogP contribution in [0.3, 0.4) is 0 Å². The molecule has 0 saturated heterocycles. The lowest BCUT2D eigenvalue weighted by atomic mass is 10.1. The summed E-state index contributed by atoms with van der Waals surface area (Å²) in [6.45, 7) is 3.83. The van der Waals surface area contributed by atoms with E-state index in [4.69, 9.17) is 4.74 Å². The Kier molecular flexibility index (Phi) is 6.69. The number of likely N-dealkylation sites (N-methyl/N-ethyl adjacent to an activating group) is 1. The molecule has 24 heavy (non-hydrogen) atoms. The molecule has 128 valence electrons. The summed E-state index contributed by atoms with van der Waals surface area (Å²) < 4.78 is 5.59. The minimum Gasteiger partial charge on any atom is -0.462 e. The molecule has 0 radical (unpaired) electrons. The SMILES string of the molecule is CNCCOc1nc(CN=Cc2cccc(C)c2)cc(N(C)C)n1. The Morgan fingerprint density at radius 2 is 2.08 bits per heavy atom. The summed E-state index contributed by atoms with van der Waals surface area (Å²) in [6, 6.07) is 10.5. The van der Waals surface area contributed by atoms with Gasteiger partial charge in [-0.05, 0) is 19.5 Å². The van der Waals surface area contributed by atoms with Crippen LogP contribution in [0.1, 0.15) is 16.8 Å². The largest absolute Gasteiger partial charge is 0.462 e. The molecule has 0 aliphatic rings. The zero-order valence-electron chi connectivity index (χ0n) is 14.8. The predicted octanol–water partition coefficient (Wildman–Crippen LogP) is 2.07. The van der Waals surface area contributed by atoms with Gasteiger partial charge in [0.05, 0.1) is 12.2 Å². The molecule has 0 atom stereocenters. The van der Waals surface area contributed by atoms with E-state index in [9.17, 15) is 0 Å². The number of ether oxygens (including phenoxy) is 1. The number of hydrogen-bond acceptors (Lipinski definition) is 6. The predicted molar refractivity (Wildman–Crippen MR) is 98.3 cm³/mol. The average Bonchev–Trinajstić information content (AvgIpc) is 2.55. The summed E-state index contributed by atoms with van der Waals surface area (Å²) in [5.74, 6) is 0.810. The van der Waals surface area contributed by atoms with Crippen LogP contribution in [0.4, 0.5) is 5.82 Å². The minimum absolute atomic E-state index is 0.386. The molecule has 1 aromatic heterocycles. The van der Waals surface area contributed by atoms with Gasteiger partial charge in [0.2, 0.25) is 0 Å². The maximum Gasteiger partial charge on any atom is 0.318 e. The zero-order valence-corrected chi connectivity index (χ0v) is 14.8. The fraction of sp³-hybridized carbons (Fsp3) is 0.389. The minimum atomic E-state index is 0.386. The number of rotatable bonds is 8. The van der Waals surface area contributed by atoms with Crippen LogP contribution in [0, 0.1) is 6.92 Å². The first-order valence-corrected chi connectivity index (χ1v) is 7.97. The fourth-order valence-electron chi connectivity index (χ4n) is 2.07. The number of aromatic nitrogens is 2. The van der Waals surface area contributed by atoms with Gasteiger partial charge in [0, 0.05) is 32.9 Å². The van der Waals surface area contributed by atoms with Crippen molar-refractivity contribution < 1.29 is 4.74 Å². The molecule has 6 heteroatoms. The number of anilines is 1. The maximum atomic E-state index is 5.59. The van der Waals surface area contributed by atoms with Crippen LogP contribution in [0.25, 0.3) is 0 Å². The van der Waals surface area contributed by atoms with Gasteiger partial charge in [0.15, 0.2) is 0 Å². The Balaban J connectivity index is 2.10. The third-order valence-corrected chi connectivity index (χ3v) is 3.32. The van der Waals surface area contributed by atoms with E-state index in [1.165, 1.54) is 5.56 Å². The normalized spacial score (nSPS) is 11.0. The van der Waals surface area contributed by atoms with E-state index in [1.54, 1.807) is 0 Å². The smallest absolute Gasteiger partial charge is 0.318 e. The van der Waals surface area contributed by atoms with Crippen molar-refractivity contribution in [1.82, 2.24) is 15.3 Å². The molecule has 0 aliphatic heterocycles. The Hall–Kier alpha value is -2.47. The molecule has 1 N–H and O–H groups in total. The summed E-state index contributed by atoms with van der Waals surface area (Å²) in [5, 5.41) is 3.03. The highest BCUT2D eigenvalue weighted by Gasteiger charge is 2.07. The highest BCUT2D eigenvalue weighted by Crippen LogP contribution is 2.15. The second kappa shape index (κ2) is 8.98. The van der Waals surface area contributed by atoms with Crippen molar-refractivity contribution in [3.8, 4) is 6.01 Å². The Morgan fingerprint density at radius 1 is 1.25 bits per heavy atom. The highest BCUT2D eigenvalue weighted by atomic mass is 16.5. The molecule has 0 saturated carbocycles. The number of nitrogens with zero attached hydrogens (tertiary/aromatic N) is 4. The third-order valence-electron chi connectivity index (χ3n) is 3.32. The quantitative estimate of drug-likeness (QED) is 0.594. The molecule has 6 nitrogen and oxygen atoms in total. The standard InChI is InChI=1S/C18H25N5O/c1-14-6-5-7-15(10-14)12-20-13-16-11-17(23(3)4)22-18(21-16)24-9-8-19-2/h5-7,10-12,19H,8-9,13H2,1-4H3. The van der Waals surface area contributed by atoms with E-state index in [1.807, 2.05) is 50.5 Å². The van der Waals surface area contributed by atoms with Crippen molar-refractivity contribution in [2.24, 2.45) is 4.99 Å². The zero-order chi connectivity index (χ0) is 17.4. The first-order chi connectivity index (χ1) is 11.6. The molecule has 2 rings (SSSR count). The average molecular weight is 327 g/mol. The Labute approximate surface area is 143 Å². The molecular weight excluding hydrogens is 302 g/mol. The van der Waals surface area contributed by atoms with Gasteiger partial charge in [-0.15, -0.1) is 0 Å². The van der Waals surface area contributed by atoms with E-state index in [2.05, 4.69) is 39.3 Å². The van der Waals surface area contributed by atoms with Crippen molar-refractivity contribution >= 4 is 12.0 Å². The monoisotopic (exact) mass is 327 g/mol. The second-order valence-electron chi connectivity index (χ2n) is 5.73. The van der Waals surface area contributed by atoms with Gasteiger partial charge in [0.25, 0.3) is 0 Å². The van der Waals surface area contributed by atoms with Gasteiger partial charge in [-0.2, -0.15) is 9.97 Å². The van der Waals surface area contributed by atoms with Crippen LogP contribution in [0.5, 0.6) is 6.01 Å². The van der Waals surface area contributed by atoms with Crippen molar-refractivity contribution in [1.29, 1.82) is 0 Å². The first-order valence-electron chi connectivity index (χ1n) is 7.97. The summed E-state index contributed by atoms with van der Waals surface area (Å²) in [4.78, 5) is 15.3. The summed E-state index contributed by atoms with van der Waals surface area (Å²) in [7, 11) is 5.77. The Morgan fingerprint density at radius 3 is 2.79 bits per heavy atom. The molecule has 1 heterocycles. The van der Waals surface area contributed by atoms with E-state index >= 15 is 0 Å². The van der Waals surface area contributed by atoms with E-state index in [-0.39, 0.29) is 0 Å². The maximum absolute atomic E-state index is 5.59. The van der Waals surface area contributed by atoms with E-state index in [0.29, 0.717) is 19.2 Å². The lowest BCUT2D eigenvalue weighted by molar-refractivity contribution is 0.293. The first kappa shape index (κ1) is 17.9. The number of aliphatic imine (C=N–C) groups is 1. The lowest BCUT2D eigenvalue weighted by Crippen LogP contribution is -2.18. The van der Waals surface area contributed by atoms with Gasteiger partial charge in [-0.3, -0.25) is 4.99 Å². The lowest BCUT2D eigenvalue weighted by Gasteiger charge is -2.13. The summed E-state index contributed by atoms with van der Waals surface area (Å²) in [6.07, 6.45) is 1.87. The number of benzene rings is 1. The van der Waals surface area contributed by atoms with Crippen LogP contribution in [0.2, 0.25) is 0 Å². The molecule has 0 amide bonds. The van der Waals surface area contributed by atoms with Crippen LogP contribution in [0.15, 0.2) is 35.3 Å². The highest BCUT2D eigenvalue weighted by molar-refractivity contribution is 5.79. The van der Waals surface area contributed by atoms with Crippen LogP contribution < -0.4 is 15.0 Å². The summed E-state index contributed by atoms with van der Waals surface area (Å²) >= 11 is 0. The third kappa shape index (κ3) is 5.62. The molecule has 0 fully saturated rings. The molecule has 0 bridgehead atoms. The molecule has 2 aromatic rings. The van der Waals surface area contributed by atoms with Crippen LogP contribution in [-0.4, -0.2) is 50.5 Å². The van der Waals surface area contributed by atoms with Crippen LogP contribution in [-0.2, 0) is 6.54 Å². The number of hydrogen-bond donors (Lipinski definition) is 1. The van der Waals surface area contributed by atoms with Gasteiger partial charge in [-0.1, -0.05) is 29.8 Å². The van der Waals surface area contributed by atoms with E-state index in [0.717, 1.165) is 23.6 Å². The van der Waals surface area contributed by atoms with Crippen molar-refractivity contribution in [2.45, 2.75) is 13.5 Å². The molecule has 1 aromatic carbocycles. The van der Waals surface area contributed by atoms with E-state index < -0.39 is 0 Å². The Bertz CT molecular complexity index is 685. The van der Waals surface area contributed by atoms with Gasteiger partial charge >= 0.3 is 6.01 Å². The van der Waals surface area contributed by atoms with Gasteiger partial charge in [0.1, 0.15) is 12.4 Å². The van der Waals surface area contributed by atoms with Crippen molar-refractivity contribution in [3.63, 3.8) is 0 Å². The molecular formula is C18H25N5O. The second-order valence-corrected chi connectivity index (χ2v) is 5.73. The number of nitrogens with one attached hydrogen (secondary N) is 1.